The number of fused-ring (bicyclic) bond motifs is 1. The average Bonchev–Trinajstić information content (AvgIpc) is 3.54. The second-order valence-corrected chi connectivity index (χ2v) is 10.4. The zero-order chi connectivity index (χ0) is 25.4. The number of ketones is 1. The lowest BCUT2D eigenvalue weighted by atomic mass is 10.0. The van der Waals surface area contributed by atoms with Crippen molar-refractivity contribution < 1.29 is 23.5 Å². The summed E-state index contributed by atoms with van der Waals surface area (Å²) in [6, 6.07) is 6.68. The number of ether oxygens (including phenoxy) is 1. The molecule has 1 aromatic heterocycles. The number of benzene rings is 1. The molecule has 2 amide bonds. The van der Waals surface area contributed by atoms with Gasteiger partial charge in [-0.3, -0.25) is 19.4 Å². The number of nitrogens with zero attached hydrogens (tertiary/aromatic N) is 3. The number of rotatable bonds is 9. The molecule has 2 aromatic rings. The van der Waals surface area contributed by atoms with Crippen LogP contribution in [0.4, 0.5) is 10.1 Å². The molecule has 1 saturated carbocycles. The molecule has 2 aliphatic carbocycles. The Morgan fingerprint density at radius 1 is 1.19 bits per heavy atom. The van der Waals surface area contributed by atoms with Crippen molar-refractivity contribution in [3.05, 3.63) is 53.1 Å². The van der Waals surface area contributed by atoms with E-state index in [-0.39, 0.29) is 36.0 Å². The Morgan fingerprint density at radius 3 is 2.69 bits per heavy atom. The molecule has 1 saturated heterocycles. The third kappa shape index (κ3) is 5.13. The van der Waals surface area contributed by atoms with Gasteiger partial charge in [-0.25, -0.2) is 4.39 Å². The number of carbonyl (C=O) groups is 3. The van der Waals surface area contributed by atoms with Crippen LogP contribution in [0, 0.1) is 17.7 Å². The number of halogens is 1. The molecular weight excluding hydrogens is 461 g/mol. The molecule has 2 atom stereocenters. The van der Waals surface area contributed by atoms with Gasteiger partial charge in [0.25, 0.3) is 5.91 Å². The first kappa shape index (κ1) is 24.4. The van der Waals surface area contributed by atoms with E-state index in [0.29, 0.717) is 30.0 Å². The molecule has 5 rings (SSSR count). The van der Waals surface area contributed by atoms with Crippen LogP contribution in [-0.2, 0) is 22.4 Å². The summed E-state index contributed by atoms with van der Waals surface area (Å²) in [4.78, 5) is 45.5. The lowest BCUT2D eigenvalue weighted by Crippen LogP contribution is -2.32. The summed E-state index contributed by atoms with van der Waals surface area (Å²) in [5, 5.41) is 0. The first-order valence-electron chi connectivity index (χ1n) is 12.8. The predicted octanol–water partition coefficient (Wildman–Crippen LogP) is 3.97. The molecule has 2 fully saturated rings. The molecule has 1 unspecified atom stereocenters. The van der Waals surface area contributed by atoms with Crippen LogP contribution >= 0.6 is 0 Å². The summed E-state index contributed by atoms with van der Waals surface area (Å²) in [5.41, 5.74) is 1.95. The molecule has 1 aromatic carbocycles. The standard InChI is InChI=1S/C28H32FN3O4/c1-31(2)26(33)13-18-12-22-23(27(18)34)14-20(15-24(22)29)32-11-10-25(28(32)35)36-21-9-8-19(30-16-21)5-3-4-17-6-7-17/h8-9,14-18,25H,3-7,10-13H2,1-2H3/t18?,25-/m1/s1. The van der Waals surface area contributed by atoms with Crippen LogP contribution in [-0.4, -0.2) is 54.2 Å². The SMILES string of the molecule is CN(C)C(=O)CC1Cc2c(F)cc(N3CC[C@@H](Oc4ccc(CCCC5CC5)nc4)C3=O)cc2C1=O. The molecule has 1 aliphatic heterocycles. The van der Waals surface area contributed by atoms with Crippen molar-refractivity contribution in [1.29, 1.82) is 0 Å². The minimum atomic E-state index is -0.690. The first-order chi connectivity index (χ1) is 17.3. The topological polar surface area (TPSA) is 79.8 Å². The van der Waals surface area contributed by atoms with E-state index in [1.165, 1.54) is 35.1 Å². The highest BCUT2D eigenvalue weighted by molar-refractivity contribution is 6.06. The van der Waals surface area contributed by atoms with Gasteiger partial charge in [-0.1, -0.05) is 19.3 Å². The van der Waals surface area contributed by atoms with Crippen molar-refractivity contribution >= 4 is 23.3 Å². The van der Waals surface area contributed by atoms with Crippen LogP contribution < -0.4 is 9.64 Å². The number of hydrogen-bond acceptors (Lipinski definition) is 5. The van der Waals surface area contributed by atoms with Gasteiger partial charge in [0.2, 0.25) is 5.91 Å². The molecular formula is C28H32FN3O4. The minimum Gasteiger partial charge on any atom is -0.479 e. The summed E-state index contributed by atoms with van der Waals surface area (Å²) in [5.74, 6) is -0.336. The first-order valence-corrected chi connectivity index (χ1v) is 12.8. The van der Waals surface area contributed by atoms with Crippen molar-refractivity contribution in [2.24, 2.45) is 11.8 Å². The highest BCUT2D eigenvalue weighted by Crippen LogP contribution is 2.36. The highest BCUT2D eigenvalue weighted by atomic mass is 19.1. The van der Waals surface area contributed by atoms with Crippen LogP contribution in [0.3, 0.4) is 0 Å². The van der Waals surface area contributed by atoms with E-state index in [2.05, 4.69) is 4.98 Å². The van der Waals surface area contributed by atoms with Gasteiger partial charge in [0.05, 0.1) is 6.20 Å². The van der Waals surface area contributed by atoms with Crippen LogP contribution in [0.2, 0.25) is 0 Å². The molecule has 0 N–H and O–H groups in total. The lowest BCUT2D eigenvalue weighted by Gasteiger charge is -2.18. The summed E-state index contributed by atoms with van der Waals surface area (Å²) in [6.07, 6.45) is 7.73. The summed E-state index contributed by atoms with van der Waals surface area (Å²) in [7, 11) is 3.26. The van der Waals surface area contributed by atoms with E-state index in [1.54, 1.807) is 26.4 Å². The number of Topliss-reactive ketones (excluding diaryl/α,β-unsaturated/α-hetero) is 1. The fourth-order valence-corrected chi connectivity index (χ4v) is 5.11. The van der Waals surface area contributed by atoms with Gasteiger partial charge in [0.1, 0.15) is 11.6 Å². The Morgan fingerprint density at radius 2 is 2.00 bits per heavy atom. The summed E-state index contributed by atoms with van der Waals surface area (Å²) in [6.45, 7) is 0.366. The third-order valence-corrected chi connectivity index (χ3v) is 7.47. The Labute approximate surface area is 210 Å². The molecule has 3 aliphatic rings. The van der Waals surface area contributed by atoms with Gasteiger partial charge in [-0.15, -0.1) is 0 Å². The van der Waals surface area contributed by atoms with Gasteiger partial charge in [0.15, 0.2) is 11.9 Å². The molecule has 0 radical (unpaired) electrons. The second-order valence-electron chi connectivity index (χ2n) is 10.4. The summed E-state index contributed by atoms with van der Waals surface area (Å²) < 4.78 is 20.9. The second kappa shape index (κ2) is 9.99. The van der Waals surface area contributed by atoms with E-state index in [0.717, 1.165) is 24.5 Å². The zero-order valence-corrected chi connectivity index (χ0v) is 20.8. The van der Waals surface area contributed by atoms with Crippen LogP contribution in [0.15, 0.2) is 30.5 Å². The number of aryl methyl sites for hydroxylation is 1. The van der Waals surface area contributed by atoms with Crippen molar-refractivity contribution in [2.45, 2.75) is 57.5 Å². The number of amides is 2. The summed E-state index contributed by atoms with van der Waals surface area (Å²) >= 11 is 0. The molecule has 0 spiro atoms. The van der Waals surface area contributed by atoms with E-state index in [9.17, 15) is 18.8 Å². The monoisotopic (exact) mass is 493 g/mol. The van der Waals surface area contributed by atoms with Gasteiger partial charge in [0, 0.05) is 56.3 Å². The van der Waals surface area contributed by atoms with E-state index >= 15 is 0 Å². The van der Waals surface area contributed by atoms with Crippen LogP contribution in [0.5, 0.6) is 5.75 Å². The number of carbonyl (C=O) groups excluding carboxylic acids is 3. The Balaban J connectivity index is 1.22. The Bertz CT molecular complexity index is 1180. The number of aromatic nitrogens is 1. The molecule has 0 bridgehead atoms. The van der Waals surface area contributed by atoms with E-state index in [4.69, 9.17) is 4.74 Å². The molecule has 2 heterocycles. The molecule has 8 heteroatoms. The Kier molecular flexibility index (Phi) is 6.77. The largest absolute Gasteiger partial charge is 0.479 e. The molecule has 7 nitrogen and oxygen atoms in total. The van der Waals surface area contributed by atoms with Gasteiger partial charge in [-0.2, -0.15) is 0 Å². The van der Waals surface area contributed by atoms with Gasteiger partial charge < -0.3 is 14.5 Å². The van der Waals surface area contributed by atoms with Gasteiger partial charge in [-0.05, 0) is 55.0 Å². The fraction of sp³-hybridized carbons (Fsp3) is 0.500. The number of hydrogen-bond donors (Lipinski definition) is 0. The number of anilines is 1. The van der Waals surface area contributed by atoms with Crippen molar-refractivity contribution in [2.75, 3.05) is 25.5 Å². The maximum absolute atomic E-state index is 15.0. The maximum Gasteiger partial charge on any atom is 0.268 e. The van der Waals surface area contributed by atoms with Crippen LogP contribution in [0.25, 0.3) is 0 Å². The molecule has 36 heavy (non-hydrogen) atoms. The quantitative estimate of drug-likeness (QED) is 0.528. The predicted molar refractivity (Wildman–Crippen MR) is 133 cm³/mol. The van der Waals surface area contributed by atoms with Gasteiger partial charge >= 0.3 is 0 Å². The zero-order valence-electron chi connectivity index (χ0n) is 20.8. The van der Waals surface area contributed by atoms with Crippen molar-refractivity contribution in [1.82, 2.24) is 9.88 Å². The Hall–Kier alpha value is -3.29. The third-order valence-electron chi connectivity index (χ3n) is 7.47. The average molecular weight is 494 g/mol. The smallest absolute Gasteiger partial charge is 0.268 e. The minimum absolute atomic E-state index is 0.0428. The van der Waals surface area contributed by atoms with Crippen LogP contribution in [0.1, 0.15) is 60.1 Å². The van der Waals surface area contributed by atoms with E-state index < -0.39 is 17.8 Å². The van der Waals surface area contributed by atoms with Crippen molar-refractivity contribution in [3.63, 3.8) is 0 Å². The van der Waals surface area contributed by atoms with Crippen molar-refractivity contribution in [3.8, 4) is 5.75 Å². The number of pyridine rings is 1. The maximum atomic E-state index is 15.0. The normalized spacial score (nSPS) is 21.1. The lowest BCUT2D eigenvalue weighted by molar-refractivity contribution is -0.129. The highest BCUT2D eigenvalue weighted by Gasteiger charge is 2.38. The fourth-order valence-electron chi connectivity index (χ4n) is 5.11. The molecule has 190 valence electrons. The van der Waals surface area contributed by atoms with E-state index in [1.807, 2.05) is 12.1 Å².